The molecule has 0 atom stereocenters. The minimum atomic E-state index is -0.0509. The van der Waals surface area contributed by atoms with Gasteiger partial charge in [0.15, 0.2) is 0 Å². The van der Waals surface area contributed by atoms with Crippen LogP contribution >= 0.6 is 11.6 Å². The Balaban J connectivity index is 1.62. The van der Waals surface area contributed by atoms with E-state index in [0.717, 1.165) is 27.4 Å². The molecule has 2 N–H and O–H groups in total. The number of H-pyrrole nitrogens is 2. The van der Waals surface area contributed by atoms with Crippen LogP contribution in [0.25, 0.3) is 44.3 Å². The second-order valence-corrected chi connectivity index (χ2v) is 10.1. The Morgan fingerprint density at radius 3 is 1.34 bits per heavy atom. The van der Waals surface area contributed by atoms with Gasteiger partial charge >= 0.3 is 0 Å². The van der Waals surface area contributed by atoms with Crippen molar-refractivity contribution >= 4 is 33.4 Å². The van der Waals surface area contributed by atoms with E-state index >= 15 is 0 Å². The minimum Gasteiger partial charge on any atom is -0.354 e. The van der Waals surface area contributed by atoms with Crippen molar-refractivity contribution in [2.45, 2.75) is 5.92 Å². The predicted molar refractivity (Wildman–Crippen MR) is 160 cm³/mol. The van der Waals surface area contributed by atoms with Crippen LogP contribution in [-0.4, -0.2) is 9.97 Å². The summed E-state index contributed by atoms with van der Waals surface area (Å²) in [7, 11) is 0. The van der Waals surface area contributed by atoms with Crippen LogP contribution in [0.5, 0.6) is 0 Å². The Hall–Kier alpha value is -4.53. The van der Waals surface area contributed by atoms with E-state index in [1.165, 1.54) is 38.6 Å². The first-order valence-electron chi connectivity index (χ1n) is 12.9. The average molecular weight is 509 g/mol. The van der Waals surface area contributed by atoms with Crippen molar-refractivity contribution < 1.29 is 0 Å². The molecule has 0 bridgehead atoms. The molecule has 0 aliphatic carbocycles. The molecule has 0 aliphatic rings. The zero-order chi connectivity index (χ0) is 25.5. The zero-order valence-electron chi connectivity index (χ0n) is 20.7. The summed E-state index contributed by atoms with van der Waals surface area (Å²) in [5, 5.41) is 3.17. The van der Waals surface area contributed by atoms with Gasteiger partial charge in [-0.1, -0.05) is 121 Å². The van der Waals surface area contributed by atoms with E-state index in [-0.39, 0.29) is 5.92 Å². The van der Waals surface area contributed by atoms with Gasteiger partial charge in [-0.05, 0) is 52.1 Å². The highest BCUT2D eigenvalue weighted by Crippen LogP contribution is 2.47. The van der Waals surface area contributed by atoms with Gasteiger partial charge in [-0.2, -0.15) is 0 Å². The van der Waals surface area contributed by atoms with Crippen molar-refractivity contribution in [3.05, 3.63) is 155 Å². The molecule has 5 aromatic carbocycles. The Labute approximate surface area is 226 Å². The van der Waals surface area contributed by atoms with Crippen molar-refractivity contribution in [1.82, 2.24) is 9.97 Å². The van der Waals surface area contributed by atoms with Crippen LogP contribution in [0.2, 0.25) is 5.02 Å². The maximum Gasteiger partial charge on any atom is 0.0507 e. The van der Waals surface area contributed by atoms with Gasteiger partial charge in [0.25, 0.3) is 0 Å². The van der Waals surface area contributed by atoms with Crippen molar-refractivity contribution in [2.75, 3.05) is 0 Å². The van der Waals surface area contributed by atoms with E-state index in [0.29, 0.717) is 0 Å². The molecule has 0 saturated carbocycles. The van der Waals surface area contributed by atoms with Gasteiger partial charge in [-0.3, -0.25) is 0 Å². The summed E-state index contributed by atoms with van der Waals surface area (Å²) in [6, 6.07) is 46.8. The van der Waals surface area contributed by atoms with Gasteiger partial charge in [0.05, 0.1) is 11.4 Å². The first-order chi connectivity index (χ1) is 18.8. The third-order valence-corrected chi connectivity index (χ3v) is 7.65. The molecule has 182 valence electrons. The van der Waals surface area contributed by atoms with E-state index in [4.69, 9.17) is 11.6 Å². The summed E-state index contributed by atoms with van der Waals surface area (Å²) in [5.41, 5.74) is 10.6. The number of para-hydroxylation sites is 2. The van der Waals surface area contributed by atoms with Crippen LogP contribution in [0, 0.1) is 0 Å². The Morgan fingerprint density at radius 2 is 0.868 bits per heavy atom. The maximum atomic E-state index is 6.40. The molecule has 0 saturated heterocycles. The van der Waals surface area contributed by atoms with Crippen LogP contribution in [0.3, 0.4) is 0 Å². The van der Waals surface area contributed by atoms with Crippen LogP contribution in [0.15, 0.2) is 133 Å². The summed E-state index contributed by atoms with van der Waals surface area (Å²) in [6.07, 6.45) is 0. The third-order valence-electron chi connectivity index (χ3n) is 7.40. The number of fused-ring (bicyclic) bond motifs is 2. The zero-order valence-corrected chi connectivity index (χ0v) is 21.4. The highest BCUT2D eigenvalue weighted by atomic mass is 35.5. The Kier molecular flexibility index (Phi) is 5.61. The molecule has 0 radical (unpaired) electrons. The molecule has 0 aliphatic heterocycles. The topological polar surface area (TPSA) is 31.6 Å². The van der Waals surface area contributed by atoms with E-state index < -0.39 is 0 Å². The van der Waals surface area contributed by atoms with Crippen molar-refractivity contribution in [3.63, 3.8) is 0 Å². The van der Waals surface area contributed by atoms with E-state index in [2.05, 4.69) is 131 Å². The van der Waals surface area contributed by atoms with Gasteiger partial charge in [-0.15, -0.1) is 0 Å². The molecule has 2 aromatic heterocycles. The summed E-state index contributed by atoms with van der Waals surface area (Å²) in [5.74, 6) is -0.0509. The maximum absolute atomic E-state index is 6.40. The van der Waals surface area contributed by atoms with E-state index in [9.17, 15) is 0 Å². The third kappa shape index (κ3) is 3.82. The lowest BCUT2D eigenvalue weighted by atomic mass is 9.80. The molecule has 2 nitrogen and oxygen atoms in total. The van der Waals surface area contributed by atoms with Crippen molar-refractivity contribution in [1.29, 1.82) is 0 Å². The fraction of sp³-hybridized carbons (Fsp3) is 0.0286. The normalized spacial score (nSPS) is 11.5. The molecule has 7 aromatic rings. The molecule has 38 heavy (non-hydrogen) atoms. The second kappa shape index (κ2) is 9.41. The van der Waals surface area contributed by atoms with Gasteiger partial charge in [0.2, 0.25) is 0 Å². The SMILES string of the molecule is Clc1ccc(C(c2c(-c3ccccc3)[nH]c3ccccc23)c2c(-c3ccccc3)[nH]c3ccccc23)cc1. The molecule has 3 heteroatoms. The Morgan fingerprint density at radius 1 is 0.447 bits per heavy atom. The lowest BCUT2D eigenvalue weighted by Crippen LogP contribution is -2.06. The van der Waals surface area contributed by atoms with E-state index in [1.807, 2.05) is 12.1 Å². The van der Waals surface area contributed by atoms with Crippen LogP contribution in [-0.2, 0) is 0 Å². The molecular formula is C35H25ClN2. The number of aromatic amines is 2. The number of hydrogen-bond acceptors (Lipinski definition) is 0. The standard InChI is InChI=1S/C35H25ClN2/c36-26-21-19-23(20-22-26)31(32-27-15-7-9-17-29(27)37-34(32)24-11-3-1-4-12-24)33-28-16-8-10-18-30(28)38-35(33)25-13-5-2-6-14-25/h1-22,31,37-38H. The largest absolute Gasteiger partial charge is 0.354 e. The molecule has 0 fully saturated rings. The van der Waals surface area contributed by atoms with Crippen molar-refractivity contribution in [2.24, 2.45) is 0 Å². The summed E-state index contributed by atoms with van der Waals surface area (Å²) < 4.78 is 0. The van der Waals surface area contributed by atoms with Crippen molar-refractivity contribution in [3.8, 4) is 22.5 Å². The summed E-state index contributed by atoms with van der Waals surface area (Å²) in [4.78, 5) is 7.55. The number of rotatable bonds is 5. The lowest BCUT2D eigenvalue weighted by molar-refractivity contribution is 1.00. The lowest BCUT2D eigenvalue weighted by Gasteiger charge is -2.22. The van der Waals surface area contributed by atoms with Gasteiger partial charge < -0.3 is 9.97 Å². The average Bonchev–Trinajstić information content (AvgIpc) is 3.55. The molecule has 7 rings (SSSR count). The van der Waals surface area contributed by atoms with Gasteiger partial charge in [0.1, 0.15) is 0 Å². The highest BCUT2D eigenvalue weighted by Gasteiger charge is 2.30. The number of nitrogens with one attached hydrogen (secondary N) is 2. The van der Waals surface area contributed by atoms with Crippen LogP contribution in [0.1, 0.15) is 22.6 Å². The monoisotopic (exact) mass is 508 g/mol. The van der Waals surface area contributed by atoms with Gasteiger partial charge in [-0.25, -0.2) is 0 Å². The smallest absolute Gasteiger partial charge is 0.0507 e. The fourth-order valence-electron chi connectivity index (χ4n) is 5.72. The summed E-state index contributed by atoms with van der Waals surface area (Å²) in [6.45, 7) is 0. The minimum absolute atomic E-state index is 0.0509. The first kappa shape index (κ1) is 22.7. The summed E-state index contributed by atoms with van der Waals surface area (Å²) >= 11 is 6.40. The highest BCUT2D eigenvalue weighted by molar-refractivity contribution is 6.30. The number of hydrogen-bond donors (Lipinski definition) is 2. The predicted octanol–water partition coefficient (Wildman–Crippen LogP) is 9.82. The molecule has 0 spiro atoms. The quantitative estimate of drug-likeness (QED) is 0.232. The van der Waals surface area contributed by atoms with Gasteiger partial charge in [0, 0.05) is 32.7 Å². The Bertz CT molecular complexity index is 1750. The number of halogens is 1. The molecule has 2 heterocycles. The number of benzene rings is 5. The van der Waals surface area contributed by atoms with Crippen LogP contribution in [0.4, 0.5) is 0 Å². The number of aromatic nitrogens is 2. The molecule has 0 amide bonds. The fourth-order valence-corrected chi connectivity index (χ4v) is 5.85. The molecule has 0 unspecified atom stereocenters. The second-order valence-electron chi connectivity index (χ2n) is 9.64. The first-order valence-corrected chi connectivity index (χ1v) is 13.2. The van der Waals surface area contributed by atoms with E-state index in [1.54, 1.807) is 0 Å². The molecular weight excluding hydrogens is 484 g/mol. The van der Waals surface area contributed by atoms with Crippen LogP contribution < -0.4 is 0 Å².